The molecule has 122 valence electrons. The molecule has 0 fully saturated rings. The maximum absolute atomic E-state index is 12.5. The molecule has 8 heteroatoms. The van der Waals surface area contributed by atoms with Gasteiger partial charge >= 0.3 is 5.97 Å². The molecule has 2 rings (SSSR count). The monoisotopic (exact) mass is 355 g/mol. The molecule has 0 bridgehead atoms. The fraction of sp³-hybridized carbons (Fsp3) is 0.133. The van der Waals surface area contributed by atoms with Gasteiger partial charge in [0.05, 0.1) is 23.3 Å². The predicted molar refractivity (Wildman–Crippen MR) is 87.0 cm³/mol. The van der Waals surface area contributed by atoms with E-state index in [4.69, 9.17) is 21.4 Å². The van der Waals surface area contributed by atoms with Gasteiger partial charge in [0.15, 0.2) is 0 Å². The van der Waals surface area contributed by atoms with E-state index in [1.54, 1.807) is 13.0 Å². The van der Waals surface area contributed by atoms with E-state index in [-0.39, 0.29) is 16.1 Å². The van der Waals surface area contributed by atoms with E-state index in [1.165, 1.54) is 31.4 Å². The van der Waals surface area contributed by atoms with Crippen LogP contribution in [0.5, 0.6) is 5.75 Å². The maximum atomic E-state index is 12.5. The van der Waals surface area contributed by atoms with Crippen molar-refractivity contribution < 1.29 is 23.1 Å². The van der Waals surface area contributed by atoms with Crippen LogP contribution in [-0.4, -0.2) is 26.6 Å². The van der Waals surface area contributed by atoms with Crippen molar-refractivity contribution in [1.29, 1.82) is 0 Å². The fourth-order valence-electron chi connectivity index (χ4n) is 1.96. The van der Waals surface area contributed by atoms with Crippen molar-refractivity contribution in [3.05, 3.63) is 52.5 Å². The molecular formula is C15H14ClNO5S. The second-order valence-electron chi connectivity index (χ2n) is 4.73. The molecule has 2 aromatic carbocycles. The number of benzene rings is 2. The lowest BCUT2D eigenvalue weighted by Gasteiger charge is -2.13. The third-order valence-electron chi connectivity index (χ3n) is 3.16. The van der Waals surface area contributed by atoms with Gasteiger partial charge in [0.25, 0.3) is 10.0 Å². The van der Waals surface area contributed by atoms with Gasteiger partial charge in [0.2, 0.25) is 0 Å². The van der Waals surface area contributed by atoms with Gasteiger partial charge in [-0.1, -0.05) is 17.7 Å². The molecule has 23 heavy (non-hydrogen) atoms. The number of nitrogens with one attached hydrogen (secondary N) is 1. The second-order valence-corrected chi connectivity index (χ2v) is 6.85. The number of methoxy groups -OCH3 is 1. The molecule has 0 heterocycles. The largest absolute Gasteiger partial charge is 0.495 e. The summed E-state index contributed by atoms with van der Waals surface area (Å²) in [5.74, 6) is -0.900. The number of aryl methyl sites for hydroxylation is 1. The quantitative estimate of drug-likeness (QED) is 0.859. The third-order valence-corrected chi connectivity index (χ3v) is 4.75. The number of aromatic carboxylic acids is 1. The molecule has 2 N–H and O–H groups in total. The molecule has 0 saturated carbocycles. The van der Waals surface area contributed by atoms with Gasteiger partial charge in [-0.05, 0) is 42.8 Å². The predicted octanol–water partition coefficient (Wildman–Crippen LogP) is 3.16. The average Bonchev–Trinajstić information content (AvgIpc) is 2.47. The minimum absolute atomic E-state index is 0.0778. The number of halogens is 1. The van der Waals surface area contributed by atoms with Gasteiger partial charge in [-0.3, -0.25) is 4.72 Å². The summed E-state index contributed by atoms with van der Waals surface area (Å²) >= 11 is 5.87. The first-order chi connectivity index (χ1) is 10.7. The Hall–Kier alpha value is -2.25. The van der Waals surface area contributed by atoms with Crippen LogP contribution in [0.25, 0.3) is 0 Å². The summed E-state index contributed by atoms with van der Waals surface area (Å²) in [7, 11) is -2.59. The van der Waals surface area contributed by atoms with Crippen molar-refractivity contribution in [2.45, 2.75) is 11.8 Å². The van der Waals surface area contributed by atoms with E-state index < -0.39 is 16.0 Å². The van der Waals surface area contributed by atoms with Crippen LogP contribution in [0.3, 0.4) is 0 Å². The average molecular weight is 356 g/mol. The van der Waals surface area contributed by atoms with Crippen LogP contribution in [0.2, 0.25) is 5.02 Å². The molecule has 0 aliphatic carbocycles. The molecule has 0 aromatic heterocycles. The van der Waals surface area contributed by atoms with Crippen molar-refractivity contribution in [3.8, 4) is 5.75 Å². The third kappa shape index (κ3) is 3.75. The van der Waals surface area contributed by atoms with E-state index in [0.29, 0.717) is 16.3 Å². The van der Waals surface area contributed by atoms with Crippen LogP contribution >= 0.6 is 11.6 Å². The van der Waals surface area contributed by atoms with Crippen LogP contribution in [0.15, 0.2) is 41.3 Å². The summed E-state index contributed by atoms with van der Waals surface area (Å²) in [6.07, 6.45) is 0. The van der Waals surface area contributed by atoms with Crippen LogP contribution in [0.4, 0.5) is 5.69 Å². The molecule has 0 amide bonds. The lowest BCUT2D eigenvalue weighted by molar-refractivity contribution is 0.0696. The molecule has 0 spiro atoms. The Balaban J connectivity index is 2.46. The van der Waals surface area contributed by atoms with Crippen LogP contribution in [0, 0.1) is 6.92 Å². The number of hydrogen-bond donors (Lipinski definition) is 2. The first kappa shape index (κ1) is 17.1. The van der Waals surface area contributed by atoms with Crippen molar-refractivity contribution in [3.63, 3.8) is 0 Å². The first-order valence-electron chi connectivity index (χ1n) is 6.45. The van der Waals surface area contributed by atoms with Crippen LogP contribution in [0.1, 0.15) is 15.9 Å². The number of hydrogen-bond acceptors (Lipinski definition) is 4. The summed E-state index contributed by atoms with van der Waals surface area (Å²) in [6.45, 7) is 1.59. The smallest absolute Gasteiger partial charge is 0.335 e. The summed E-state index contributed by atoms with van der Waals surface area (Å²) in [5.41, 5.74) is 0.556. The molecule has 0 unspecified atom stereocenters. The number of rotatable bonds is 5. The SMILES string of the molecule is COc1ccc(Cl)cc1NS(=O)(=O)c1ccc(C)c(C(=O)O)c1. The Morgan fingerprint density at radius 1 is 1.22 bits per heavy atom. The highest BCUT2D eigenvalue weighted by Crippen LogP contribution is 2.30. The minimum atomic E-state index is -3.99. The lowest BCUT2D eigenvalue weighted by Crippen LogP contribution is -2.15. The van der Waals surface area contributed by atoms with Gasteiger partial charge in [-0.2, -0.15) is 0 Å². The molecule has 0 saturated heterocycles. The van der Waals surface area contributed by atoms with Crippen molar-refractivity contribution in [2.24, 2.45) is 0 Å². The highest BCUT2D eigenvalue weighted by molar-refractivity contribution is 7.92. The van der Waals surface area contributed by atoms with Crippen molar-refractivity contribution >= 4 is 33.3 Å². The Kier molecular flexibility index (Phi) is 4.82. The molecule has 2 aromatic rings. The van der Waals surface area contributed by atoms with E-state index in [1.807, 2.05) is 0 Å². The first-order valence-corrected chi connectivity index (χ1v) is 8.31. The summed E-state index contributed by atoms with van der Waals surface area (Å²) in [4.78, 5) is 11.0. The minimum Gasteiger partial charge on any atom is -0.495 e. The van der Waals surface area contributed by atoms with Crippen LogP contribution in [-0.2, 0) is 10.0 Å². The van der Waals surface area contributed by atoms with E-state index in [9.17, 15) is 13.2 Å². The van der Waals surface area contributed by atoms with Gasteiger partial charge in [0.1, 0.15) is 5.75 Å². The number of ether oxygens (including phenoxy) is 1. The zero-order valence-corrected chi connectivity index (χ0v) is 13.9. The summed E-state index contributed by atoms with van der Waals surface area (Å²) in [6, 6.07) is 8.38. The van der Waals surface area contributed by atoms with E-state index >= 15 is 0 Å². The van der Waals surface area contributed by atoms with Gasteiger partial charge in [-0.15, -0.1) is 0 Å². The second kappa shape index (κ2) is 6.47. The topological polar surface area (TPSA) is 92.7 Å². The maximum Gasteiger partial charge on any atom is 0.335 e. The molecule has 0 aliphatic rings. The molecule has 0 aliphatic heterocycles. The van der Waals surface area contributed by atoms with Crippen molar-refractivity contribution in [1.82, 2.24) is 0 Å². The Morgan fingerprint density at radius 3 is 2.52 bits per heavy atom. The molecule has 6 nitrogen and oxygen atoms in total. The van der Waals surface area contributed by atoms with Gasteiger partial charge < -0.3 is 9.84 Å². The number of carboxylic acids is 1. The zero-order chi connectivity index (χ0) is 17.2. The highest BCUT2D eigenvalue weighted by Gasteiger charge is 2.19. The number of anilines is 1. The summed E-state index contributed by atoms with van der Waals surface area (Å²) in [5, 5.41) is 9.44. The van der Waals surface area contributed by atoms with E-state index in [0.717, 1.165) is 6.07 Å². The Labute approximate surface area is 138 Å². The summed E-state index contributed by atoms with van der Waals surface area (Å²) < 4.78 is 32.4. The molecule has 0 radical (unpaired) electrons. The number of carbonyl (C=O) groups is 1. The normalized spacial score (nSPS) is 11.1. The number of sulfonamides is 1. The van der Waals surface area contributed by atoms with Crippen LogP contribution < -0.4 is 9.46 Å². The number of carboxylic acid groups (broad SMARTS) is 1. The Morgan fingerprint density at radius 2 is 1.91 bits per heavy atom. The Bertz CT molecular complexity index is 864. The highest BCUT2D eigenvalue weighted by atomic mass is 35.5. The molecular weight excluding hydrogens is 342 g/mol. The fourth-order valence-corrected chi connectivity index (χ4v) is 3.22. The standard InChI is InChI=1S/C15H14ClNO5S/c1-9-3-5-11(8-12(9)15(18)19)23(20,21)17-13-7-10(16)4-6-14(13)22-2/h3-8,17H,1-2H3,(H,18,19). The van der Waals surface area contributed by atoms with Crippen molar-refractivity contribution in [2.75, 3.05) is 11.8 Å². The molecule has 0 atom stereocenters. The lowest BCUT2D eigenvalue weighted by atomic mass is 10.1. The zero-order valence-electron chi connectivity index (χ0n) is 12.3. The van der Waals surface area contributed by atoms with E-state index in [2.05, 4.69) is 4.72 Å². The van der Waals surface area contributed by atoms with Gasteiger partial charge in [0, 0.05) is 5.02 Å². The van der Waals surface area contributed by atoms with Gasteiger partial charge in [-0.25, -0.2) is 13.2 Å².